The molecule has 10 heteroatoms. The summed E-state index contributed by atoms with van der Waals surface area (Å²) < 4.78 is 75.8. The van der Waals surface area contributed by atoms with Crippen LogP contribution in [0.3, 0.4) is 0 Å². The van der Waals surface area contributed by atoms with E-state index in [1.165, 1.54) is 25.5 Å². The number of aromatic amines is 1. The smallest absolute Gasteiger partial charge is 0.213 e. The van der Waals surface area contributed by atoms with Gasteiger partial charge < -0.3 is 4.98 Å². The molecule has 0 spiro atoms. The molecule has 0 aliphatic carbocycles. The Kier molecular flexibility index (Phi) is 2.51. The van der Waals surface area contributed by atoms with E-state index in [0.717, 1.165) is 6.20 Å². The monoisotopic (exact) mass is 377 g/mol. The van der Waals surface area contributed by atoms with Crippen molar-refractivity contribution in [3.05, 3.63) is 31.0 Å². The van der Waals surface area contributed by atoms with Gasteiger partial charge in [-0.15, -0.1) is 0 Å². The van der Waals surface area contributed by atoms with E-state index in [4.69, 9.17) is 8.22 Å². The van der Waals surface area contributed by atoms with E-state index in [9.17, 15) is 13.7 Å². The van der Waals surface area contributed by atoms with Crippen molar-refractivity contribution in [1.29, 1.82) is 5.26 Å². The second-order valence-corrected chi connectivity index (χ2v) is 7.58. The van der Waals surface area contributed by atoms with Gasteiger partial charge in [0.1, 0.15) is 17.5 Å². The average molecular weight is 377 g/mol. The molecule has 0 aromatic carbocycles. The highest BCUT2D eigenvalue weighted by molar-refractivity contribution is 7.89. The highest BCUT2D eigenvalue weighted by Gasteiger charge is 2.49. The quantitative estimate of drug-likeness (QED) is 0.711. The summed E-state index contributed by atoms with van der Waals surface area (Å²) >= 11 is 0. The molecule has 3 aromatic heterocycles. The predicted molar refractivity (Wildman–Crippen MR) is 94.3 cm³/mol. The normalized spacial score (nSPS) is 24.9. The molecule has 1 saturated heterocycles. The van der Waals surface area contributed by atoms with Crippen molar-refractivity contribution in [2.75, 3.05) is 18.7 Å². The van der Waals surface area contributed by atoms with Gasteiger partial charge in [0.05, 0.1) is 30.1 Å². The Hall–Kier alpha value is -2.77. The summed E-state index contributed by atoms with van der Waals surface area (Å²) in [4.78, 5) is 11.1. The van der Waals surface area contributed by atoms with Crippen molar-refractivity contribution in [3.63, 3.8) is 0 Å². The molecule has 26 heavy (non-hydrogen) atoms. The van der Waals surface area contributed by atoms with Gasteiger partial charge in [-0.05, 0) is 13.0 Å². The first-order valence-corrected chi connectivity index (χ1v) is 9.18. The largest absolute Gasteiger partial charge is 0.346 e. The zero-order valence-electron chi connectivity index (χ0n) is 19.5. The van der Waals surface area contributed by atoms with E-state index in [-0.39, 0.29) is 9.87 Å². The van der Waals surface area contributed by atoms with Crippen LogP contribution in [0.25, 0.3) is 22.3 Å². The van der Waals surface area contributed by atoms with Crippen LogP contribution in [0.5, 0.6) is 0 Å². The molecule has 9 nitrogen and oxygen atoms in total. The van der Waals surface area contributed by atoms with Crippen LogP contribution in [-0.2, 0) is 15.6 Å². The fourth-order valence-electron chi connectivity index (χ4n) is 2.59. The van der Waals surface area contributed by atoms with Crippen molar-refractivity contribution in [2.45, 2.75) is 18.8 Å². The topological polar surface area (TPSA) is 121 Å². The molecule has 1 aliphatic rings. The van der Waals surface area contributed by atoms with Gasteiger partial charge in [-0.25, -0.2) is 18.4 Å². The Morgan fingerprint density at radius 1 is 1.50 bits per heavy atom. The molecule has 3 aromatic rings. The summed E-state index contributed by atoms with van der Waals surface area (Å²) in [5, 5.41) is 14.1. The van der Waals surface area contributed by atoms with Crippen molar-refractivity contribution >= 4 is 21.1 Å². The predicted octanol–water partition coefficient (Wildman–Crippen LogP) is 1.10. The third kappa shape index (κ3) is 2.48. The van der Waals surface area contributed by atoms with E-state index in [1.807, 2.05) is 0 Å². The van der Waals surface area contributed by atoms with Gasteiger partial charge in [-0.3, -0.25) is 4.68 Å². The van der Waals surface area contributed by atoms with E-state index >= 15 is 0 Å². The van der Waals surface area contributed by atoms with E-state index in [2.05, 4.69) is 20.1 Å². The number of aromatic nitrogens is 5. The van der Waals surface area contributed by atoms with Gasteiger partial charge in [0, 0.05) is 44.6 Å². The van der Waals surface area contributed by atoms with Gasteiger partial charge in [0.25, 0.3) is 0 Å². The Labute approximate surface area is 158 Å². The maximum atomic E-state index is 12.5. The number of nitrogens with one attached hydrogen (secondary N) is 1. The van der Waals surface area contributed by atoms with Crippen LogP contribution in [0, 0.1) is 11.3 Å². The van der Waals surface area contributed by atoms with Crippen molar-refractivity contribution in [2.24, 2.45) is 0 Å². The Balaban J connectivity index is 1.97. The SMILES string of the molecule is [2H]C([2H])(C#N)C1(n2cc(-c3ncnc4[nH]ccc34)cn2)C([2H])([2H])N(S(=O)(=O)CC)C1([2H])[2H]. The van der Waals surface area contributed by atoms with Crippen LogP contribution in [-0.4, -0.2) is 56.2 Å². The third-order valence-corrected chi connectivity index (χ3v) is 5.43. The first-order valence-electron chi connectivity index (χ1n) is 10.6. The minimum absolute atomic E-state index is 0.0292. The Morgan fingerprint density at radius 3 is 3.04 bits per heavy atom. The Morgan fingerprint density at radius 2 is 2.31 bits per heavy atom. The van der Waals surface area contributed by atoms with Gasteiger partial charge in [0.2, 0.25) is 10.0 Å². The molecular weight excluding hydrogens is 354 g/mol. The maximum Gasteiger partial charge on any atom is 0.213 e. The Bertz CT molecular complexity index is 1340. The van der Waals surface area contributed by atoms with E-state index < -0.39 is 40.7 Å². The van der Waals surface area contributed by atoms with Gasteiger partial charge in [-0.1, -0.05) is 0 Å². The number of fused-ring (bicyclic) bond motifs is 1. The number of sulfonamides is 1. The summed E-state index contributed by atoms with van der Waals surface area (Å²) in [6.45, 7) is -5.12. The summed E-state index contributed by atoms with van der Waals surface area (Å²) in [6.07, 6.45) is 2.06. The summed E-state index contributed by atoms with van der Waals surface area (Å²) in [5.41, 5.74) is -1.83. The second kappa shape index (κ2) is 5.89. The van der Waals surface area contributed by atoms with Crippen molar-refractivity contribution in [1.82, 2.24) is 29.0 Å². The van der Waals surface area contributed by atoms with Crippen LogP contribution in [0.2, 0.25) is 0 Å². The molecular formula is C16H17N7O2S. The zero-order chi connectivity index (χ0) is 23.7. The molecule has 0 unspecified atom stereocenters. The van der Waals surface area contributed by atoms with Crippen LogP contribution < -0.4 is 0 Å². The molecule has 4 rings (SSSR count). The highest BCUT2D eigenvalue weighted by Crippen LogP contribution is 2.35. The van der Waals surface area contributed by atoms with Crippen LogP contribution in [0.4, 0.5) is 0 Å². The molecule has 1 aliphatic heterocycles. The molecule has 1 fully saturated rings. The summed E-state index contributed by atoms with van der Waals surface area (Å²) in [7, 11) is -4.45. The van der Waals surface area contributed by atoms with E-state index in [0.29, 0.717) is 21.4 Å². The number of rotatable bonds is 5. The first kappa shape index (κ1) is 11.1. The lowest BCUT2D eigenvalue weighted by Crippen LogP contribution is -2.64. The van der Waals surface area contributed by atoms with Crippen LogP contribution in [0.1, 0.15) is 21.5 Å². The van der Waals surface area contributed by atoms with E-state index in [1.54, 1.807) is 12.3 Å². The molecule has 134 valence electrons. The lowest BCUT2D eigenvalue weighted by molar-refractivity contribution is 0.0719. The van der Waals surface area contributed by atoms with Gasteiger partial charge >= 0.3 is 0 Å². The minimum atomic E-state index is -4.45. The number of nitriles is 1. The standard InChI is InChI=1S/C16H17N7O2S/c1-2-26(24,25)22-9-16(10-22,4-5-17)23-8-12(7-21-23)14-13-3-6-18-15(13)20-11-19-14/h3,6-8,11H,2,4,9-10H2,1H3,(H,18,19,20)/i4D2,9D2,10D2. The zero-order valence-corrected chi connectivity index (χ0v) is 14.3. The first-order chi connectivity index (χ1) is 14.8. The minimum Gasteiger partial charge on any atom is -0.346 e. The summed E-state index contributed by atoms with van der Waals surface area (Å²) in [6, 6.07) is 2.98. The summed E-state index contributed by atoms with van der Waals surface area (Å²) in [5.74, 6) is -0.617. The molecule has 1 N–H and O–H groups in total. The van der Waals surface area contributed by atoms with Crippen molar-refractivity contribution < 1.29 is 16.6 Å². The molecule has 0 bridgehead atoms. The highest BCUT2D eigenvalue weighted by atomic mass is 32.2. The van der Waals surface area contributed by atoms with Gasteiger partial charge in [-0.2, -0.15) is 14.7 Å². The third-order valence-electron chi connectivity index (χ3n) is 3.96. The molecule has 4 heterocycles. The fourth-order valence-corrected chi connectivity index (χ4v) is 3.39. The molecule has 0 saturated carbocycles. The number of nitrogens with zero attached hydrogens (tertiary/aromatic N) is 6. The fraction of sp³-hybridized carbons (Fsp3) is 0.375. The second-order valence-electron chi connectivity index (χ2n) is 5.47. The van der Waals surface area contributed by atoms with Crippen LogP contribution >= 0.6 is 0 Å². The van der Waals surface area contributed by atoms with Gasteiger partial charge in [0.15, 0.2) is 0 Å². The maximum absolute atomic E-state index is 12.5. The number of hydrogen-bond acceptors (Lipinski definition) is 6. The molecule has 0 amide bonds. The van der Waals surface area contributed by atoms with Crippen molar-refractivity contribution in [3.8, 4) is 17.3 Å². The van der Waals surface area contributed by atoms with Crippen LogP contribution in [0.15, 0.2) is 31.0 Å². The average Bonchev–Trinajstić information content (AvgIpc) is 3.36. The lowest BCUT2D eigenvalue weighted by Gasteiger charge is -2.47. The number of hydrogen-bond donors (Lipinski definition) is 1. The number of H-pyrrole nitrogens is 1. The molecule has 0 atom stereocenters. The molecule has 0 radical (unpaired) electrons. The lowest BCUT2D eigenvalue weighted by atomic mass is 9.89.